The third kappa shape index (κ3) is 2.07. The van der Waals surface area contributed by atoms with E-state index in [2.05, 4.69) is 28.9 Å². The van der Waals surface area contributed by atoms with Gasteiger partial charge in [-0.3, -0.25) is 0 Å². The lowest BCUT2D eigenvalue weighted by Gasteiger charge is -2.00. The van der Waals surface area contributed by atoms with Crippen LogP contribution in [-0.2, 0) is 0 Å². The summed E-state index contributed by atoms with van der Waals surface area (Å²) in [7, 11) is 0. The van der Waals surface area contributed by atoms with Crippen molar-refractivity contribution < 1.29 is 0 Å². The molecule has 0 amide bonds. The second-order valence-electron chi connectivity index (χ2n) is 3.98. The molecule has 5 heteroatoms. The number of rotatable bonds is 2. The van der Waals surface area contributed by atoms with E-state index in [1.165, 1.54) is 0 Å². The lowest BCUT2D eigenvalue weighted by atomic mass is 10.1. The van der Waals surface area contributed by atoms with Crippen molar-refractivity contribution in [1.82, 2.24) is 19.7 Å². The van der Waals surface area contributed by atoms with Crippen LogP contribution < -0.4 is 0 Å². The fourth-order valence-electron chi connectivity index (χ4n) is 1.58. The minimum absolute atomic E-state index is 0.389. The molecule has 2 aromatic heterocycles. The topological polar surface area (TPSA) is 43.6 Å². The molecule has 4 nitrogen and oxygen atoms in total. The SMILES string of the molecule is Cc1cn(-c2nccc(Cl)n2)nc1C(C)C. The Morgan fingerprint density at radius 2 is 2.12 bits per heavy atom. The molecular formula is C11H13ClN4. The van der Waals surface area contributed by atoms with E-state index in [1.54, 1.807) is 16.9 Å². The van der Waals surface area contributed by atoms with E-state index in [9.17, 15) is 0 Å². The molecule has 0 aliphatic rings. The fourth-order valence-corrected chi connectivity index (χ4v) is 1.72. The van der Waals surface area contributed by atoms with Crippen molar-refractivity contribution in [2.75, 3.05) is 0 Å². The summed E-state index contributed by atoms with van der Waals surface area (Å²) >= 11 is 5.81. The molecule has 2 heterocycles. The van der Waals surface area contributed by atoms with Crippen LogP contribution in [0, 0.1) is 6.92 Å². The van der Waals surface area contributed by atoms with Gasteiger partial charge in [0.15, 0.2) is 0 Å². The average Bonchev–Trinajstić information content (AvgIpc) is 2.60. The number of aromatic nitrogens is 4. The van der Waals surface area contributed by atoms with Gasteiger partial charge >= 0.3 is 0 Å². The number of hydrogen-bond donors (Lipinski definition) is 0. The minimum atomic E-state index is 0.389. The van der Waals surface area contributed by atoms with Gasteiger partial charge in [-0.15, -0.1) is 0 Å². The Kier molecular flexibility index (Phi) is 2.92. The first-order valence-corrected chi connectivity index (χ1v) is 5.51. The maximum Gasteiger partial charge on any atom is 0.251 e. The van der Waals surface area contributed by atoms with Crippen molar-refractivity contribution in [2.45, 2.75) is 26.7 Å². The lowest BCUT2D eigenvalue weighted by molar-refractivity contribution is 0.741. The van der Waals surface area contributed by atoms with Gasteiger partial charge in [0, 0.05) is 12.4 Å². The average molecular weight is 237 g/mol. The summed E-state index contributed by atoms with van der Waals surface area (Å²) in [6.07, 6.45) is 3.54. The Balaban J connectivity index is 2.45. The second kappa shape index (κ2) is 4.22. The quantitative estimate of drug-likeness (QED) is 0.753. The Morgan fingerprint density at radius 1 is 1.38 bits per heavy atom. The molecule has 0 N–H and O–H groups in total. The molecule has 0 radical (unpaired) electrons. The Labute approximate surface area is 99.3 Å². The first kappa shape index (κ1) is 11.1. The molecule has 2 aromatic rings. The van der Waals surface area contributed by atoms with Crippen LogP contribution in [0.5, 0.6) is 0 Å². The fraction of sp³-hybridized carbons (Fsp3) is 0.364. The van der Waals surface area contributed by atoms with Gasteiger partial charge in [-0.25, -0.2) is 9.67 Å². The Hall–Kier alpha value is -1.42. The molecule has 84 valence electrons. The summed E-state index contributed by atoms with van der Waals surface area (Å²) < 4.78 is 1.66. The van der Waals surface area contributed by atoms with Crippen molar-refractivity contribution in [3.8, 4) is 5.95 Å². The summed E-state index contributed by atoms with van der Waals surface area (Å²) in [5.74, 6) is 0.892. The highest BCUT2D eigenvalue weighted by Gasteiger charge is 2.11. The van der Waals surface area contributed by atoms with Gasteiger partial charge in [-0.1, -0.05) is 25.4 Å². The molecule has 0 unspecified atom stereocenters. The first-order valence-electron chi connectivity index (χ1n) is 5.13. The van der Waals surface area contributed by atoms with Crippen LogP contribution in [0.3, 0.4) is 0 Å². The summed E-state index contributed by atoms with van der Waals surface area (Å²) in [4.78, 5) is 8.24. The van der Waals surface area contributed by atoms with Crippen molar-refractivity contribution in [3.05, 3.63) is 34.9 Å². The van der Waals surface area contributed by atoms with Crippen molar-refractivity contribution in [3.63, 3.8) is 0 Å². The third-order valence-corrected chi connectivity index (χ3v) is 2.51. The molecule has 0 spiro atoms. The predicted molar refractivity (Wildman–Crippen MR) is 63.0 cm³/mol. The van der Waals surface area contributed by atoms with Gasteiger partial charge in [0.25, 0.3) is 5.95 Å². The van der Waals surface area contributed by atoms with Gasteiger partial charge in [-0.2, -0.15) is 10.1 Å². The van der Waals surface area contributed by atoms with Crippen LogP contribution >= 0.6 is 11.6 Å². The van der Waals surface area contributed by atoms with Crippen LogP contribution in [0.15, 0.2) is 18.5 Å². The minimum Gasteiger partial charge on any atom is -0.220 e. The zero-order valence-corrected chi connectivity index (χ0v) is 10.2. The normalized spacial score (nSPS) is 11.1. The van der Waals surface area contributed by atoms with Crippen molar-refractivity contribution in [2.24, 2.45) is 0 Å². The Morgan fingerprint density at radius 3 is 2.69 bits per heavy atom. The standard InChI is InChI=1S/C11H13ClN4/c1-7(2)10-8(3)6-16(15-10)11-13-5-4-9(12)14-11/h4-7H,1-3H3. The maximum absolute atomic E-state index is 5.81. The van der Waals surface area contributed by atoms with E-state index < -0.39 is 0 Å². The molecule has 0 bridgehead atoms. The summed E-state index contributed by atoms with van der Waals surface area (Å²) in [6.45, 7) is 6.25. The second-order valence-corrected chi connectivity index (χ2v) is 4.36. The van der Waals surface area contributed by atoms with Crippen molar-refractivity contribution >= 4 is 11.6 Å². The number of nitrogens with zero attached hydrogens (tertiary/aromatic N) is 4. The zero-order valence-electron chi connectivity index (χ0n) is 9.48. The largest absolute Gasteiger partial charge is 0.251 e. The molecule has 0 aliphatic carbocycles. The number of aryl methyl sites for hydroxylation is 1. The molecule has 16 heavy (non-hydrogen) atoms. The lowest BCUT2D eigenvalue weighted by Crippen LogP contribution is -2.02. The van der Waals surface area contributed by atoms with E-state index >= 15 is 0 Å². The highest BCUT2D eigenvalue weighted by atomic mass is 35.5. The molecule has 0 aromatic carbocycles. The monoisotopic (exact) mass is 236 g/mol. The third-order valence-electron chi connectivity index (χ3n) is 2.30. The number of halogens is 1. The van der Waals surface area contributed by atoms with Gasteiger partial charge in [0.05, 0.1) is 5.69 Å². The van der Waals surface area contributed by atoms with E-state index in [-0.39, 0.29) is 0 Å². The maximum atomic E-state index is 5.81. The van der Waals surface area contributed by atoms with E-state index in [4.69, 9.17) is 11.6 Å². The van der Waals surface area contributed by atoms with Gasteiger partial charge in [0.1, 0.15) is 5.15 Å². The van der Waals surface area contributed by atoms with E-state index in [0.29, 0.717) is 17.0 Å². The zero-order chi connectivity index (χ0) is 11.7. The Bertz CT molecular complexity index is 504. The summed E-state index contributed by atoms with van der Waals surface area (Å²) in [6, 6.07) is 1.64. The van der Waals surface area contributed by atoms with Crippen LogP contribution in [0.2, 0.25) is 5.15 Å². The highest BCUT2D eigenvalue weighted by molar-refractivity contribution is 6.29. The molecule has 0 fully saturated rings. The van der Waals surface area contributed by atoms with Gasteiger partial charge in [-0.05, 0) is 24.5 Å². The molecule has 0 aliphatic heterocycles. The van der Waals surface area contributed by atoms with E-state index in [0.717, 1.165) is 11.3 Å². The van der Waals surface area contributed by atoms with Gasteiger partial charge < -0.3 is 0 Å². The predicted octanol–water partition coefficient (Wildman–Crippen LogP) is 2.75. The van der Waals surface area contributed by atoms with Gasteiger partial charge in [0.2, 0.25) is 0 Å². The molecular weight excluding hydrogens is 224 g/mol. The van der Waals surface area contributed by atoms with Crippen LogP contribution in [-0.4, -0.2) is 19.7 Å². The molecule has 2 rings (SSSR count). The molecule has 0 atom stereocenters. The van der Waals surface area contributed by atoms with Crippen LogP contribution in [0.25, 0.3) is 5.95 Å². The first-order chi connectivity index (χ1) is 7.58. The molecule has 0 saturated carbocycles. The van der Waals surface area contributed by atoms with Crippen molar-refractivity contribution in [1.29, 1.82) is 0 Å². The summed E-state index contributed by atoms with van der Waals surface area (Å²) in [5.41, 5.74) is 2.20. The van der Waals surface area contributed by atoms with Crippen LogP contribution in [0.4, 0.5) is 0 Å². The van der Waals surface area contributed by atoms with Crippen LogP contribution in [0.1, 0.15) is 31.0 Å². The smallest absolute Gasteiger partial charge is 0.220 e. The number of hydrogen-bond acceptors (Lipinski definition) is 3. The highest BCUT2D eigenvalue weighted by Crippen LogP contribution is 2.17. The summed E-state index contributed by atoms with van der Waals surface area (Å²) in [5, 5.41) is 4.87. The molecule has 0 saturated heterocycles. The van der Waals surface area contributed by atoms with E-state index in [1.807, 2.05) is 13.1 Å².